The Morgan fingerprint density at radius 2 is 1.82 bits per heavy atom. The molecule has 1 aliphatic carbocycles. The maximum Gasteiger partial charge on any atom is 0.253 e. The number of hydrogen-bond acceptors (Lipinski definition) is 2. The second-order valence-electron chi connectivity index (χ2n) is 6.64. The summed E-state index contributed by atoms with van der Waals surface area (Å²) in [6.45, 7) is 1.27. The van der Waals surface area contributed by atoms with Crippen molar-refractivity contribution in [2.45, 2.75) is 32.1 Å². The summed E-state index contributed by atoms with van der Waals surface area (Å²) in [7, 11) is 1.69. The Kier molecular flexibility index (Phi) is 4.19. The quantitative estimate of drug-likeness (QED) is 0.912. The number of nitrogens with zero attached hydrogens (tertiary/aromatic N) is 1. The second-order valence-corrected chi connectivity index (χ2v) is 6.64. The molecule has 0 aromatic heterocycles. The molecule has 2 aliphatic rings. The molecular formula is C18H24N2O2. The molecule has 1 heterocycles. The molecule has 4 nitrogen and oxygen atoms in total. The van der Waals surface area contributed by atoms with Gasteiger partial charge >= 0.3 is 0 Å². The third-order valence-corrected chi connectivity index (χ3v) is 5.37. The third-order valence-electron chi connectivity index (χ3n) is 5.37. The summed E-state index contributed by atoms with van der Waals surface area (Å²) in [5, 5.41) is 2.80. The fraction of sp³-hybridized carbons (Fsp3) is 0.556. The van der Waals surface area contributed by atoms with Crippen LogP contribution in [0.5, 0.6) is 0 Å². The van der Waals surface area contributed by atoms with Gasteiger partial charge in [-0.15, -0.1) is 0 Å². The van der Waals surface area contributed by atoms with Crippen molar-refractivity contribution in [3.63, 3.8) is 0 Å². The summed E-state index contributed by atoms with van der Waals surface area (Å²) in [5.74, 6) is 0.0766. The molecule has 22 heavy (non-hydrogen) atoms. The van der Waals surface area contributed by atoms with Gasteiger partial charge in [0.2, 0.25) is 5.91 Å². The van der Waals surface area contributed by atoms with E-state index in [1.807, 2.05) is 35.2 Å². The van der Waals surface area contributed by atoms with E-state index >= 15 is 0 Å². The summed E-state index contributed by atoms with van der Waals surface area (Å²) in [6, 6.07) is 9.38. The van der Waals surface area contributed by atoms with E-state index in [0.717, 1.165) is 19.4 Å². The molecule has 3 rings (SSSR count). The van der Waals surface area contributed by atoms with Crippen molar-refractivity contribution in [1.29, 1.82) is 0 Å². The Balaban J connectivity index is 1.83. The van der Waals surface area contributed by atoms with Gasteiger partial charge in [-0.3, -0.25) is 9.59 Å². The van der Waals surface area contributed by atoms with Gasteiger partial charge < -0.3 is 10.2 Å². The lowest BCUT2D eigenvalue weighted by Gasteiger charge is -2.37. The van der Waals surface area contributed by atoms with Crippen LogP contribution in [0.25, 0.3) is 0 Å². The highest BCUT2D eigenvalue weighted by Crippen LogP contribution is 2.47. The van der Waals surface area contributed by atoms with Crippen LogP contribution in [0, 0.1) is 11.3 Å². The van der Waals surface area contributed by atoms with Gasteiger partial charge in [-0.1, -0.05) is 37.5 Å². The minimum absolute atomic E-state index is 0.0111. The Hall–Kier alpha value is -1.84. The van der Waals surface area contributed by atoms with Gasteiger partial charge in [0, 0.05) is 31.1 Å². The van der Waals surface area contributed by atoms with Crippen molar-refractivity contribution in [2.24, 2.45) is 11.3 Å². The lowest BCUT2D eigenvalue weighted by Crippen LogP contribution is -2.41. The summed E-state index contributed by atoms with van der Waals surface area (Å²) in [4.78, 5) is 27.0. The van der Waals surface area contributed by atoms with E-state index in [9.17, 15) is 9.59 Å². The lowest BCUT2D eigenvalue weighted by molar-refractivity contribution is -0.127. The van der Waals surface area contributed by atoms with Crippen molar-refractivity contribution in [3.8, 4) is 0 Å². The highest BCUT2D eigenvalue weighted by Gasteiger charge is 2.51. The van der Waals surface area contributed by atoms with E-state index in [4.69, 9.17) is 0 Å². The molecule has 4 heteroatoms. The standard InChI is InChI=1S/C18H24N2O2/c1-19-16(21)15-12-20(13-18(15)10-6-3-7-11-18)17(22)14-8-4-2-5-9-14/h2,4-5,8-9,15H,3,6-7,10-13H2,1H3,(H,19,21). The Labute approximate surface area is 131 Å². The smallest absolute Gasteiger partial charge is 0.253 e. The Bertz CT molecular complexity index is 549. The average Bonchev–Trinajstić information content (AvgIpc) is 2.93. The molecule has 1 saturated heterocycles. The summed E-state index contributed by atoms with van der Waals surface area (Å²) < 4.78 is 0. The van der Waals surface area contributed by atoms with Gasteiger partial charge in [-0.25, -0.2) is 0 Å². The minimum atomic E-state index is -0.0644. The molecule has 1 N–H and O–H groups in total. The Morgan fingerprint density at radius 1 is 1.14 bits per heavy atom. The number of nitrogens with one attached hydrogen (secondary N) is 1. The van der Waals surface area contributed by atoms with Crippen LogP contribution in [-0.4, -0.2) is 36.9 Å². The fourth-order valence-corrected chi connectivity index (χ4v) is 4.18. The molecule has 1 aromatic rings. The zero-order valence-electron chi connectivity index (χ0n) is 13.2. The topological polar surface area (TPSA) is 49.4 Å². The molecule has 1 aliphatic heterocycles. The first-order valence-electron chi connectivity index (χ1n) is 8.22. The predicted octanol–water partition coefficient (Wildman–Crippen LogP) is 2.46. The number of carbonyl (C=O) groups is 2. The molecule has 1 spiro atoms. The molecule has 2 fully saturated rings. The zero-order valence-corrected chi connectivity index (χ0v) is 13.2. The van der Waals surface area contributed by atoms with Gasteiger partial charge in [0.15, 0.2) is 0 Å². The van der Waals surface area contributed by atoms with Crippen LogP contribution in [0.4, 0.5) is 0 Å². The van der Waals surface area contributed by atoms with Gasteiger partial charge in [0.1, 0.15) is 0 Å². The monoisotopic (exact) mass is 300 g/mol. The largest absolute Gasteiger partial charge is 0.359 e. The highest BCUT2D eigenvalue weighted by molar-refractivity contribution is 5.95. The van der Waals surface area contributed by atoms with Crippen LogP contribution in [-0.2, 0) is 4.79 Å². The van der Waals surface area contributed by atoms with Crippen molar-refractivity contribution in [3.05, 3.63) is 35.9 Å². The molecule has 2 amide bonds. The van der Waals surface area contributed by atoms with Crippen molar-refractivity contribution in [1.82, 2.24) is 10.2 Å². The maximum atomic E-state index is 12.7. The number of benzene rings is 1. The first-order valence-corrected chi connectivity index (χ1v) is 8.22. The predicted molar refractivity (Wildman–Crippen MR) is 85.4 cm³/mol. The molecule has 118 valence electrons. The van der Waals surface area contributed by atoms with Crippen molar-refractivity contribution in [2.75, 3.05) is 20.1 Å². The van der Waals surface area contributed by atoms with Crippen LogP contribution < -0.4 is 5.32 Å². The van der Waals surface area contributed by atoms with E-state index in [-0.39, 0.29) is 23.1 Å². The second kappa shape index (κ2) is 6.11. The minimum Gasteiger partial charge on any atom is -0.359 e. The number of carbonyl (C=O) groups excluding carboxylic acids is 2. The van der Waals surface area contributed by atoms with Crippen LogP contribution >= 0.6 is 0 Å². The first-order chi connectivity index (χ1) is 10.7. The lowest BCUT2D eigenvalue weighted by atomic mass is 9.67. The van der Waals surface area contributed by atoms with E-state index in [0.29, 0.717) is 12.1 Å². The van der Waals surface area contributed by atoms with E-state index in [1.165, 1.54) is 19.3 Å². The SMILES string of the molecule is CNC(=O)C1CN(C(=O)c2ccccc2)CC12CCCCC2. The number of rotatable bonds is 2. The van der Waals surface area contributed by atoms with Crippen LogP contribution in [0.1, 0.15) is 42.5 Å². The van der Waals surface area contributed by atoms with Crippen LogP contribution in [0.2, 0.25) is 0 Å². The summed E-state index contributed by atoms with van der Waals surface area (Å²) in [6.07, 6.45) is 5.70. The summed E-state index contributed by atoms with van der Waals surface area (Å²) >= 11 is 0. The molecular weight excluding hydrogens is 276 g/mol. The number of likely N-dealkylation sites (tertiary alicyclic amines) is 1. The number of hydrogen-bond donors (Lipinski definition) is 1. The maximum absolute atomic E-state index is 12.7. The van der Waals surface area contributed by atoms with E-state index in [1.54, 1.807) is 7.05 Å². The molecule has 1 atom stereocenters. The molecule has 0 bridgehead atoms. The zero-order chi connectivity index (χ0) is 15.6. The summed E-state index contributed by atoms with van der Waals surface area (Å²) in [5.41, 5.74) is 0.703. The molecule has 1 aromatic carbocycles. The first kappa shape index (κ1) is 15.1. The van der Waals surface area contributed by atoms with E-state index in [2.05, 4.69) is 5.32 Å². The Morgan fingerprint density at radius 3 is 2.45 bits per heavy atom. The van der Waals surface area contributed by atoms with Crippen LogP contribution in [0.15, 0.2) is 30.3 Å². The fourth-order valence-electron chi connectivity index (χ4n) is 4.18. The van der Waals surface area contributed by atoms with E-state index < -0.39 is 0 Å². The van der Waals surface area contributed by atoms with Crippen molar-refractivity contribution >= 4 is 11.8 Å². The normalized spacial score (nSPS) is 23.5. The molecule has 1 unspecified atom stereocenters. The molecule has 0 radical (unpaired) electrons. The van der Waals surface area contributed by atoms with Crippen LogP contribution in [0.3, 0.4) is 0 Å². The average molecular weight is 300 g/mol. The number of amides is 2. The van der Waals surface area contributed by atoms with Gasteiger partial charge in [-0.2, -0.15) is 0 Å². The van der Waals surface area contributed by atoms with Gasteiger partial charge in [0.05, 0.1) is 5.92 Å². The van der Waals surface area contributed by atoms with Gasteiger partial charge in [-0.05, 0) is 25.0 Å². The third kappa shape index (κ3) is 2.62. The van der Waals surface area contributed by atoms with Gasteiger partial charge in [0.25, 0.3) is 5.91 Å². The molecule has 1 saturated carbocycles. The highest BCUT2D eigenvalue weighted by atomic mass is 16.2. The van der Waals surface area contributed by atoms with Crippen molar-refractivity contribution < 1.29 is 9.59 Å².